The van der Waals surface area contributed by atoms with Crippen LogP contribution in [0.3, 0.4) is 0 Å². The number of alkyl carbamates (subject to hydrolysis) is 1. The summed E-state index contributed by atoms with van der Waals surface area (Å²) < 4.78 is 10.4. The number of carbonyl (C=O) groups excluding carboxylic acids is 3. The number of aliphatic hydroxyl groups is 1. The maximum Gasteiger partial charge on any atom is 0.408 e. The highest BCUT2D eigenvalue weighted by Crippen LogP contribution is 2.62. The van der Waals surface area contributed by atoms with E-state index in [-0.39, 0.29) is 12.3 Å². The number of carbonyl (C=O) groups is 3. The summed E-state index contributed by atoms with van der Waals surface area (Å²) in [4.78, 5) is 38.9. The van der Waals surface area contributed by atoms with Gasteiger partial charge in [-0.1, -0.05) is 30.3 Å². The second-order valence-corrected chi connectivity index (χ2v) is 11.9. The zero-order valence-electron chi connectivity index (χ0n) is 21.1. The van der Waals surface area contributed by atoms with Gasteiger partial charge in [-0.15, -0.1) is 0 Å². The van der Waals surface area contributed by atoms with Crippen molar-refractivity contribution in [3.8, 4) is 0 Å². The third-order valence-corrected chi connectivity index (χ3v) is 7.73. The van der Waals surface area contributed by atoms with E-state index in [4.69, 9.17) is 9.47 Å². The number of nitrogens with one attached hydrogen (secondary N) is 2. The van der Waals surface area contributed by atoms with Gasteiger partial charge in [0.2, 0.25) is 5.91 Å². The highest BCUT2D eigenvalue weighted by atomic mass is 16.6. The molecule has 4 fully saturated rings. The molecule has 0 heterocycles. The molecule has 0 saturated heterocycles. The fraction of sp³-hybridized carbons (Fsp3) is 0.667. The number of amides is 2. The maximum atomic E-state index is 13.9. The van der Waals surface area contributed by atoms with Crippen LogP contribution < -0.4 is 10.6 Å². The van der Waals surface area contributed by atoms with Crippen LogP contribution in [-0.2, 0) is 19.1 Å². The van der Waals surface area contributed by atoms with E-state index in [0.29, 0.717) is 18.3 Å². The first-order valence-electron chi connectivity index (χ1n) is 12.5. The summed E-state index contributed by atoms with van der Waals surface area (Å²) in [6.07, 6.45) is 3.87. The van der Waals surface area contributed by atoms with E-state index < -0.39 is 40.8 Å². The Hall–Kier alpha value is -2.61. The van der Waals surface area contributed by atoms with E-state index in [0.717, 1.165) is 37.7 Å². The molecule has 1 aromatic rings. The number of hydrogen-bond acceptors (Lipinski definition) is 6. The van der Waals surface area contributed by atoms with E-state index in [9.17, 15) is 19.5 Å². The summed E-state index contributed by atoms with van der Waals surface area (Å²) in [6, 6.07) is 7.74. The molecule has 4 bridgehead atoms. The van der Waals surface area contributed by atoms with Gasteiger partial charge in [-0.3, -0.25) is 9.59 Å². The summed E-state index contributed by atoms with van der Waals surface area (Å²) in [5.41, 5.74) is -1.32. The molecule has 8 heteroatoms. The first-order chi connectivity index (χ1) is 16.4. The molecule has 4 aliphatic rings. The Balaban J connectivity index is 1.63. The van der Waals surface area contributed by atoms with Gasteiger partial charge in [0, 0.05) is 5.41 Å². The lowest BCUT2D eigenvalue weighted by molar-refractivity contribution is -0.177. The minimum atomic E-state index is -0.890. The van der Waals surface area contributed by atoms with Crippen molar-refractivity contribution in [3.63, 3.8) is 0 Å². The van der Waals surface area contributed by atoms with E-state index in [1.165, 1.54) is 7.11 Å². The Labute approximate surface area is 207 Å². The molecular weight excluding hydrogens is 448 g/mol. The molecule has 3 N–H and O–H groups in total. The topological polar surface area (TPSA) is 114 Å². The van der Waals surface area contributed by atoms with Crippen molar-refractivity contribution in [3.05, 3.63) is 35.9 Å². The summed E-state index contributed by atoms with van der Waals surface area (Å²) in [7, 11) is 1.31. The lowest BCUT2D eigenvalue weighted by Gasteiger charge is -2.62. The minimum absolute atomic E-state index is 0.0341. The molecule has 4 aliphatic carbocycles. The van der Waals surface area contributed by atoms with Crippen LogP contribution in [0.1, 0.15) is 77.3 Å². The van der Waals surface area contributed by atoms with Crippen LogP contribution in [0.4, 0.5) is 4.79 Å². The van der Waals surface area contributed by atoms with E-state index in [1.807, 2.05) is 30.3 Å². The van der Waals surface area contributed by atoms with Crippen molar-refractivity contribution in [2.45, 2.75) is 89.0 Å². The lowest BCUT2D eigenvalue weighted by Crippen LogP contribution is -2.66. The van der Waals surface area contributed by atoms with Crippen molar-refractivity contribution in [1.82, 2.24) is 10.6 Å². The molecule has 0 aromatic heterocycles. The summed E-state index contributed by atoms with van der Waals surface area (Å²) in [5, 5.41) is 17.2. The Morgan fingerprint density at radius 2 is 1.69 bits per heavy atom. The molecule has 4 saturated carbocycles. The highest BCUT2D eigenvalue weighted by Gasteiger charge is 2.61. The van der Waals surface area contributed by atoms with Crippen LogP contribution in [0.15, 0.2) is 30.3 Å². The van der Waals surface area contributed by atoms with Gasteiger partial charge in [-0.05, 0) is 76.7 Å². The molecule has 0 aliphatic heterocycles. The van der Waals surface area contributed by atoms with Crippen molar-refractivity contribution in [1.29, 1.82) is 0 Å². The quantitative estimate of drug-likeness (QED) is 0.507. The molecule has 2 amide bonds. The normalized spacial score (nSPS) is 30.8. The number of esters is 1. The molecule has 2 unspecified atom stereocenters. The molecule has 192 valence electrons. The van der Waals surface area contributed by atoms with Crippen LogP contribution in [-0.4, -0.2) is 47.4 Å². The number of rotatable bonds is 7. The van der Waals surface area contributed by atoms with Crippen molar-refractivity contribution in [2.75, 3.05) is 7.11 Å². The van der Waals surface area contributed by atoms with Gasteiger partial charge in [-0.2, -0.15) is 0 Å². The zero-order valence-corrected chi connectivity index (χ0v) is 21.1. The molecule has 8 nitrogen and oxygen atoms in total. The number of methoxy groups -OCH3 is 1. The molecule has 4 atom stereocenters. The number of benzene rings is 1. The third-order valence-electron chi connectivity index (χ3n) is 7.73. The average molecular weight is 487 g/mol. The average Bonchev–Trinajstić information content (AvgIpc) is 2.74. The predicted octanol–water partition coefficient (Wildman–Crippen LogP) is 3.63. The van der Waals surface area contributed by atoms with Gasteiger partial charge in [0.15, 0.2) is 0 Å². The lowest BCUT2D eigenvalue weighted by atomic mass is 9.46. The molecule has 35 heavy (non-hydrogen) atoms. The first kappa shape index (κ1) is 25.5. The van der Waals surface area contributed by atoms with Crippen LogP contribution >= 0.6 is 0 Å². The van der Waals surface area contributed by atoms with Crippen LogP contribution in [0, 0.1) is 17.3 Å². The smallest absolute Gasteiger partial charge is 0.408 e. The molecular formula is C27H38N2O6. The predicted molar refractivity (Wildman–Crippen MR) is 129 cm³/mol. The Kier molecular flexibility index (Phi) is 6.88. The van der Waals surface area contributed by atoms with Gasteiger partial charge >= 0.3 is 12.1 Å². The molecule has 5 rings (SSSR count). The molecule has 0 radical (unpaired) electrons. The molecule has 1 aromatic carbocycles. The van der Waals surface area contributed by atoms with Gasteiger partial charge < -0.3 is 25.2 Å². The Morgan fingerprint density at radius 1 is 1.06 bits per heavy atom. The molecule has 0 spiro atoms. The minimum Gasteiger partial charge on any atom is -0.469 e. The fourth-order valence-electron chi connectivity index (χ4n) is 6.99. The highest BCUT2D eigenvalue weighted by molar-refractivity contribution is 5.87. The van der Waals surface area contributed by atoms with Crippen molar-refractivity contribution in [2.24, 2.45) is 17.3 Å². The monoisotopic (exact) mass is 486 g/mol. The first-order valence-corrected chi connectivity index (χ1v) is 12.5. The van der Waals surface area contributed by atoms with Crippen LogP contribution in [0.2, 0.25) is 0 Å². The number of ether oxygens (including phenoxy) is 2. The Bertz CT molecular complexity index is 942. The largest absolute Gasteiger partial charge is 0.469 e. The van der Waals surface area contributed by atoms with Crippen LogP contribution in [0.5, 0.6) is 0 Å². The Morgan fingerprint density at radius 3 is 2.23 bits per heavy atom. The second kappa shape index (κ2) is 9.45. The summed E-state index contributed by atoms with van der Waals surface area (Å²) >= 11 is 0. The van der Waals surface area contributed by atoms with Crippen LogP contribution in [0.25, 0.3) is 0 Å². The van der Waals surface area contributed by atoms with Gasteiger partial charge in [0.25, 0.3) is 0 Å². The van der Waals surface area contributed by atoms with E-state index in [1.54, 1.807) is 20.8 Å². The van der Waals surface area contributed by atoms with Gasteiger partial charge in [-0.25, -0.2) is 4.79 Å². The van der Waals surface area contributed by atoms with Crippen molar-refractivity contribution < 1.29 is 29.0 Å². The van der Waals surface area contributed by atoms with Gasteiger partial charge in [0.05, 0.1) is 25.2 Å². The van der Waals surface area contributed by atoms with E-state index >= 15 is 0 Å². The summed E-state index contributed by atoms with van der Waals surface area (Å²) in [6.45, 7) is 5.32. The zero-order chi connectivity index (χ0) is 25.4. The SMILES string of the molecule is COC(=O)C[C@H](NC(=O)[C@H](NC(=O)OC(C)(C)C)C12CC3CC(CC(O)(C3)C1)C2)c1ccccc1. The van der Waals surface area contributed by atoms with Gasteiger partial charge in [0.1, 0.15) is 11.6 Å². The maximum absolute atomic E-state index is 13.9. The number of hydrogen-bond donors (Lipinski definition) is 3. The fourth-order valence-corrected chi connectivity index (χ4v) is 6.99. The third kappa shape index (κ3) is 5.80. The standard InChI is InChI=1S/C27H38N2O6/c1-25(2,3)35-24(32)29-22(26-12-17-10-18(13-26)15-27(33,14-17)16-26)23(31)28-20(11-21(30)34-4)19-8-6-5-7-9-19/h5-9,17-18,20,22,33H,10-16H2,1-4H3,(H,28,31)(H,29,32)/t17?,18?,20-,22-,26?,27?/m0/s1. The summed E-state index contributed by atoms with van der Waals surface area (Å²) in [5.74, 6) is -0.159. The second-order valence-electron chi connectivity index (χ2n) is 11.9. The van der Waals surface area contributed by atoms with E-state index in [2.05, 4.69) is 10.6 Å². The van der Waals surface area contributed by atoms with Crippen molar-refractivity contribution >= 4 is 18.0 Å².